The van der Waals surface area contributed by atoms with Gasteiger partial charge < -0.3 is 0 Å². The molecular formula is C17H32. The zero-order valence-corrected chi connectivity index (χ0v) is 12.8. The third kappa shape index (κ3) is 1.55. The summed E-state index contributed by atoms with van der Waals surface area (Å²) in [5, 5.41) is 0. The smallest absolute Gasteiger partial charge is 0.0185 e. The van der Waals surface area contributed by atoms with Gasteiger partial charge in [0.15, 0.2) is 0 Å². The lowest BCUT2D eigenvalue weighted by Gasteiger charge is -2.70. The number of hydrogen-bond donors (Lipinski definition) is 0. The van der Waals surface area contributed by atoms with E-state index in [4.69, 9.17) is 0 Å². The normalized spacial score (nSPS) is 36.2. The molecule has 0 heteroatoms. The molecular weight excluding hydrogens is 204 g/mol. The summed E-state index contributed by atoms with van der Waals surface area (Å²) in [4.78, 5) is 0. The molecule has 0 saturated heterocycles. The molecule has 100 valence electrons. The van der Waals surface area contributed by atoms with Crippen LogP contribution in [0.1, 0.15) is 73.6 Å². The van der Waals surface area contributed by atoms with Gasteiger partial charge in [-0.15, -0.1) is 0 Å². The van der Waals surface area contributed by atoms with E-state index >= 15 is 0 Å². The molecule has 2 rings (SSSR count). The minimum absolute atomic E-state index is 0.674. The van der Waals surface area contributed by atoms with Crippen molar-refractivity contribution in [2.75, 3.05) is 0 Å². The summed E-state index contributed by atoms with van der Waals surface area (Å²) in [6.07, 6.45) is 7.49. The van der Waals surface area contributed by atoms with Gasteiger partial charge in [0, 0.05) is 0 Å². The Balaban J connectivity index is 2.35. The van der Waals surface area contributed by atoms with E-state index in [0.29, 0.717) is 10.8 Å². The number of rotatable bonds is 4. The van der Waals surface area contributed by atoms with Crippen molar-refractivity contribution in [3.8, 4) is 0 Å². The Bertz CT molecular complexity index is 270. The third-order valence-corrected chi connectivity index (χ3v) is 6.64. The van der Waals surface area contributed by atoms with Crippen LogP contribution in [0.3, 0.4) is 0 Å². The molecule has 0 aliphatic heterocycles. The van der Waals surface area contributed by atoms with Crippen LogP contribution in [0.4, 0.5) is 0 Å². The summed E-state index contributed by atoms with van der Waals surface area (Å²) in [6.45, 7) is 14.9. The zero-order chi connectivity index (χ0) is 12.8. The summed E-state index contributed by atoms with van der Waals surface area (Å²) < 4.78 is 0. The van der Waals surface area contributed by atoms with Crippen molar-refractivity contribution < 1.29 is 0 Å². The Morgan fingerprint density at radius 2 is 1.41 bits per heavy atom. The van der Waals surface area contributed by atoms with Gasteiger partial charge in [-0.3, -0.25) is 0 Å². The first kappa shape index (κ1) is 13.4. The molecule has 0 bridgehead atoms. The van der Waals surface area contributed by atoms with Crippen molar-refractivity contribution in [3.05, 3.63) is 0 Å². The van der Waals surface area contributed by atoms with Crippen molar-refractivity contribution in [3.63, 3.8) is 0 Å². The molecule has 17 heavy (non-hydrogen) atoms. The summed E-state index contributed by atoms with van der Waals surface area (Å²) in [5.41, 5.74) is 1.36. The molecule has 0 spiro atoms. The van der Waals surface area contributed by atoms with Gasteiger partial charge in [-0.25, -0.2) is 0 Å². The molecule has 0 nitrogen and oxygen atoms in total. The molecule has 2 fully saturated rings. The molecule has 0 radical (unpaired) electrons. The molecule has 2 saturated carbocycles. The van der Waals surface area contributed by atoms with Gasteiger partial charge in [0.05, 0.1) is 0 Å². The molecule has 0 heterocycles. The Labute approximate surface area is 109 Å². The molecule has 2 unspecified atom stereocenters. The second kappa shape index (κ2) is 4.28. The first-order valence-corrected chi connectivity index (χ1v) is 7.88. The molecule has 2 aliphatic rings. The summed E-state index contributed by atoms with van der Waals surface area (Å²) >= 11 is 0. The largest absolute Gasteiger partial charge is 0.0625 e. The van der Waals surface area contributed by atoms with Gasteiger partial charge in [-0.2, -0.15) is 0 Å². The van der Waals surface area contributed by atoms with Crippen LogP contribution in [0.15, 0.2) is 0 Å². The van der Waals surface area contributed by atoms with Gasteiger partial charge >= 0.3 is 0 Å². The van der Waals surface area contributed by atoms with E-state index in [0.717, 1.165) is 23.7 Å². The molecule has 2 atom stereocenters. The van der Waals surface area contributed by atoms with E-state index in [9.17, 15) is 0 Å². The average molecular weight is 236 g/mol. The molecule has 0 amide bonds. The van der Waals surface area contributed by atoms with E-state index in [1.807, 2.05) is 0 Å². The summed E-state index contributed by atoms with van der Waals surface area (Å²) in [6, 6.07) is 0. The van der Waals surface area contributed by atoms with Gasteiger partial charge in [0.2, 0.25) is 0 Å². The molecule has 0 aromatic carbocycles. The maximum Gasteiger partial charge on any atom is -0.0185 e. The van der Waals surface area contributed by atoms with E-state index in [-0.39, 0.29) is 0 Å². The van der Waals surface area contributed by atoms with E-state index < -0.39 is 0 Å². The van der Waals surface area contributed by atoms with Crippen molar-refractivity contribution in [1.29, 1.82) is 0 Å². The Morgan fingerprint density at radius 3 is 1.59 bits per heavy atom. The van der Waals surface area contributed by atoms with Gasteiger partial charge in [0.25, 0.3) is 0 Å². The van der Waals surface area contributed by atoms with Crippen LogP contribution in [-0.4, -0.2) is 0 Å². The lowest BCUT2D eigenvalue weighted by molar-refractivity contribution is -0.209. The second-order valence-corrected chi connectivity index (χ2v) is 7.75. The molecule has 0 N–H and O–H groups in total. The first-order chi connectivity index (χ1) is 7.88. The monoisotopic (exact) mass is 236 g/mol. The van der Waals surface area contributed by atoms with Crippen LogP contribution in [0.5, 0.6) is 0 Å². The summed E-state index contributed by atoms with van der Waals surface area (Å²) in [7, 11) is 0. The van der Waals surface area contributed by atoms with Crippen LogP contribution >= 0.6 is 0 Å². The second-order valence-electron chi connectivity index (χ2n) is 7.75. The van der Waals surface area contributed by atoms with Crippen molar-refractivity contribution >= 4 is 0 Å². The lowest BCUT2D eigenvalue weighted by atomic mass is 9.35. The fraction of sp³-hybridized carbons (Fsp3) is 1.00. The van der Waals surface area contributed by atoms with Crippen molar-refractivity contribution in [2.24, 2.45) is 34.5 Å². The van der Waals surface area contributed by atoms with E-state index in [1.54, 1.807) is 0 Å². The summed E-state index contributed by atoms with van der Waals surface area (Å²) in [5.74, 6) is 3.61. The highest BCUT2D eigenvalue weighted by molar-refractivity contribution is 5.13. The molecule has 0 aromatic rings. The highest BCUT2D eigenvalue weighted by Gasteiger charge is 2.64. The van der Waals surface area contributed by atoms with E-state index in [1.165, 1.54) is 32.1 Å². The van der Waals surface area contributed by atoms with Crippen LogP contribution in [0, 0.1) is 34.5 Å². The SMILES string of the molecule is CC(C)C1CCC1(C(C)C)C1(C(C)C)CCC1. The first-order valence-electron chi connectivity index (χ1n) is 7.88. The van der Waals surface area contributed by atoms with E-state index in [2.05, 4.69) is 41.5 Å². The van der Waals surface area contributed by atoms with Crippen LogP contribution in [0.2, 0.25) is 0 Å². The highest BCUT2D eigenvalue weighted by Crippen LogP contribution is 2.72. The van der Waals surface area contributed by atoms with Crippen LogP contribution in [0.25, 0.3) is 0 Å². The van der Waals surface area contributed by atoms with Crippen LogP contribution < -0.4 is 0 Å². The minimum atomic E-state index is 0.674. The van der Waals surface area contributed by atoms with Crippen molar-refractivity contribution in [2.45, 2.75) is 73.6 Å². The fourth-order valence-corrected chi connectivity index (χ4v) is 5.60. The minimum Gasteiger partial charge on any atom is -0.0625 e. The fourth-order valence-electron chi connectivity index (χ4n) is 5.60. The maximum absolute atomic E-state index is 2.50. The van der Waals surface area contributed by atoms with Gasteiger partial charge in [0.1, 0.15) is 0 Å². The van der Waals surface area contributed by atoms with Gasteiger partial charge in [-0.1, -0.05) is 48.0 Å². The Morgan fingerprint density at radius 1 is 0.824 bits per heavy atom. The molecule has 0 aromatic heterocycles. The standard InChI is InChI=1S/C17H32/c1-12(2)15-8-11-17(15,14(5)6)16(13(3)4)9-7-10-16/h12-15H,7-11H2,1-6H3. The quantitative estimate of drug-likeness (QED) is 0.603. The van der Waals surface area contributed by atoms with Crippen LogP contribution in [-0.2, 0) is 0 Å². The zero-order valence-electron chi connectivity index (χ0n) is 12.8. The topological polar surface area (TPSA) is 0 Å². The predicted octanol–water partition coefficient (Wildman–Crippen LogP) is 5.52. The van der Waals surface area contributed by atoms with Gasteiger partial charge in [-0.05, 0) is 60.2 Å². The predicted molar refractivity (Wildman–Crippen MR) is 76.0 cm³/mol. The highest BCUT2D eigenvalue weighted by atomic mass is 14.7. The van der Waals surface area contributed by atoms with Crippen molar-refractivity contribution in [1.82, 2.24) is 0 Å². The Kier molecular flexibility index (Phi) is 3.38. The molecule has 2 aliphatic carbocycles. The Hall–Kier alpha value is 0. The third-order valence-electron chi connectivity index (χ3n) is 6.64. The average Bonchev–Trinajstić information content (AvgIpc) is 2.05. The number of hydrogen-bond acceptors (Lipinski definition) is 0. The maximum atomic E-state index is 2.50. The lowest BCUT2D eigenvalue weighted by Crippen LogP contribution is -2.62.